The monoisotopic (exact) mass is 292 g/mol. The van der Waals surface area contributed by atoms with Crippen LogP contribution in [0, 0.1) is 0 Å². The normalized spacial score (nSPS) is 10.5. The van der Waals surface area contributed by atoms with E-state index >= 15 is 0 Å². The summed E-state index contributed by atoms with van der Waals surface area (Å²) in [5.74, 6) is 0.833. The lowest BCUT2D eigenvalue weighted by atomic mass is 10.2. The van der Waals surface area contributed by atoms with Gasteiger partial charge in [0.2, 0.25) is 0 Å². The van der Waals surface area contributed by atoms with E-state index in [1.165, 1.54) is 5.56 Å². The molecule has 2 rings (SSSR count). The van der Waals surface area contributed by atoms with Crippen molar-refractivity contribution >= 4 is 11.6 Å². The second-order valence-electron chi connectivity index (χ2n) is 4.53. The van der Waals surface area contributed by atoms with Gasteiger partial charge < -0.3 is 15.2 Å². The van der Waals surface area contributed by atoms with Crippen molar-refractivity contribution in [1.82, 2.24) is 0 Å². The van der Waals surface area contributed by atoms with Crippen LogP contribution in [0.5, 0.6) is 5.75 Å². The lowest BCUT2D eigenvalue weighted by Crippen LogP contribution is -2.83. The molecule has 0 saturated heterocycles. The molecule has 3 N–H and O–H groups in total. The van der Waals surface area contributed by atoms with Crippen LogP contribution in [-0.4, -0.2) is 18.3 Å². The maximum absolute atomic E-state index is 8.77. The first-order valence-electron chi connectivity index (χ1n) is 6.67. The molecule has 0 unspecified atom stereocenters. The van der Waals surface area contributed by atoms with Crippen LogP contribution in [0.15, 0.2) is 48.5 Å². The van der Waals surface area contributed by atoms with Gasteiger partial charge in [0.05, 0.1) is 13.2 Å². The number of halogens is 1. The Balaban J connectivity index is 1.93. The Hall–Kier alpha value is -1.55. The van der Waals surface area contributed by atoms with Gasteiger partial charge in [0.25, 0.3) is 0 Å². The third-order valence-electron chi connectivity index (χ3n) is 2.96. The van der Waals surface area contributed by atoms with Gasteiger partial charge in [-0.1, -0.05) is 41.9 Å². The first-order chi connectivity index (χ1) is 9.79. The lowest BCUT2D eigenvalue weighted by molar-refractivity contribution is -0.671. The Labute approximate surface area is 124 Å². The molecule has 0 saturated carbocycles. The highest BCUT2D eigenvalue weighted by molar-refractivity contribution is 6.31. The van der Waals surface area contributed by atoms with Crippen molar-refractivity contribution in [3.05, 3.63) is 64.7 Å². The van der Waals surface area contributed by atoms with Crippen molar-refractivity contribution in [2.24, 2.45) is 0 Å². The molecule has 0 amide bonds. The second-order valence-corrected chi connectivity index (χ2v) is 4.94. The zero-order valence-corrected chi connectivity index (χ0v) is 12.0. The Morgan fingerprint density at radius 2 is 1.95 bits per heavy atom. The maximum atomic E-state index is 8.77. The van der Waals surface area contributed by atoms with Crippen LogP contribution in [0.2, 0.25) is 5.02 Å². The number of quaternary nitrogens is 1. The molecular weight excluding hydrogens is 274 g/mol. The van der Waals surface area contributed by atoms with Gasteiger partial charge in [-0.05, 0) is 18.2 Å². The van der Waals surface area contributed by atoms with E-state index in [1.807, 2.05) is 42.5 Å². The van der Waals surface area contributed by atoms with E-state index in [-0.39, 0.29) is 6.61 Å². The summed E-state index contributed by atoms with van der Waals surface area (Å²) in [5.41, 5.74) is 2.15. The van der Waals surface area contributed by atoms with Gasteiger partial charge >= 0.3 is 0 Å². The summed E-state index contributed by atoms with van der Waals surface area (Å²) in [6.07, 6.45) is 0. The van der Waals surface area contributed by atoms with Crippen molar-refractivity contribution in [2.75, 3.05) is 13.2 Å². The summed E-state index contributed by atoms with van der Waals surface area (Å²) in [6, 6.07) is 15.7. The van der Waals surface area contributed by atoms with Crippen molar-refractivity contribution in [3.63, 3.8) is 0 Å². The molecule has 4 heteroatoms. The minimum atomic E-state index is 0.197. The van der Waals surface area contributed by atoms with Crippen molar-refractivity contribution < 1.29 is 15.2 Å². The SMILES string of the molecule is OCC[NH2+]Cc1cccc(OCc2ccccc2Cl)c1. The molecule has 2 aromatic carbocycles. The molecule has 0 atom stereocenters. The molecule has 20 heavy (non-hydrogen) atoms. The summed E-state index contributed by atoms with van der Waals surface area (Å²) in [4.78, 5) is 0. The highest BCUT2D eigenvalue weighted by Gasteiger charge is 2.02. The van der Waals surface area contributed by atoms with Gasteiger partial charge in [0.15, 0.2) is 0 Å². The number of hydrogen-bond donors (Lipinski definition) is 2. The van der Waals surface area contributed by atoms with Gasteiger partial charge in [-0.15, -0.1) is 0 Å². The van der Waals surface area contributed by atoms with E-state index in [4.69, 9.17) is 21.4 Å². The smallest absolute Gasteiger partial charge is 0.120 e. The largest absolute Gasteiger partial charge is 0.489 e. The topological polar surface area (TPSA) is 46.1 Å². The first kappa shape index (κ1) is 14.9. The molecule has 3 nitrogen and oxygen atoms in total. The third-order valence-corrected chi connectivity index (χ3v) is 3.33. The van der Waals surface area contributed by atoms with E-state index in [9.17, 15) is 0 Å². The van der Waals surface area contributed by atoms with Crippen LogP contribution >= 0.6 is 11.6 Å². The fourth-order valence-corrected chi connectivity index (χ4v) is 2.09. The van der Waals surface area contributed by atoms with Crippen LogP contribution in [0.25, 0.3) is 0 Å². The minimum absolute atomic E-state index is 0.197. The van der Waals surface area contributed by atoms with Crippen LogP contribution in [0.1, 0.15) is 11.1 Å². The van der Waals surface area contributed by atoms with E-state index in [2.05, 4.69) is 11.4 Å². The Morgan fingerprint density at radius 1 is 1.10 bits per heavy atom. The number of rotatable bonds is 7. The summed E-state index contributed by atoms with van der Waals surface area (Å²) in [5, 5.41) is 11.6. The molecule has 0 heterocycles. The molecule has 0 bridgehead atoms. The number of aliphatic hydroxyl groups is 1. The Morgan fingerprint density at radius 3 is 2.75 bits per heavy atom. The zero-order chi connectivity index (χ0) is 14.2. The molecular formula is C16H19ClNO2+. The molecule has 0 spiro atoms. The van der Waals surface area contributed by atoms with Crippen molar-refractivity contribution in [2.45, 2.75) is 13.2 Å². The highest BCUT2D eigenvalue weighted by atomic mass is 35.5. The number of benzene rings is 2. The van der Waals surface area contributed by atoms with E-state index in [1.54, 1.807) is 0 Å². The maximum Gasteiger partial charge on any atom is 0.120 e. The zero-order valence-electron chi connectivity index (χ0n) is 11.3. The van der Waals surface area contributed by atoms with E-state index in [0.717, 1.165) is 22.9 Å². The summed E-state index contributed by atoms with van der Waals surface area (Å²) in [7, 11) is 0. The van der Waals surface area contributed by atoms with Gasteiger partial charge in [0.1, 0.15) is 18.9 Å². The summed E-state index contributed by atoms with van der Waals surface area (Å²) in [6.45, 7) is 2.21. The molecule has 0 aliphatic rings. The van der Waals surface area contributed by atoms with E-state index in [0.29, 0.717) is 13.2 Å². The highest BCUT2D eigenvalue weighted by Crippen LogP contribution is 2.19. The van der Waals surface area contributed by atoms with Crippen LogP contribution in [-0.2, 0) is 13.2 Å². The van der Waals surface area contributed by atoms with Gasteiger partial charge in [-0.2, -0.15) is 0 Å². The number of aliphatic hydroxyl groups excluding tert-OH is 1. The summed E-state index contributed by atoms with van der Waals surface area (Å²) < 4.78 is 5.77. The quantitative estimate of drug-likeness (QED) is 0.767. The first-order valence-corrected chi connectivity index (χ1v) is 7.05. The average Bonchev–Trinajstić information content (AvgIpc) is 2.47. The number of hydrogen-bond acceptors (Lipinski definition) is 2. The molecule has 2 aromatic rings. The standard InChI is InChI=1S/C16H18ClNO2/c17-16-7-2-1-5-14(16)12-20-15-6-3-4-13(10-15)11-18-8-9-19/h1-7,10,18-19H,8-9,11-12H2/p+1. The average molecular weight is 293 g/mol. The van der Waals surface area contributed by atoms with Gasteiger partial charge in [-0.25, -0.2) is 0 Å². The number of nitrogens with two attached hydrogens (primary N) is 1. The molecule has 0 radical (unpaired) electrons. The van der Waals surface area contributed by atoms with Crippen LogP contribution in [0.3, 0.4) is 0 Å². The molecule has 0 fully saturated rings. The number of ether oxygens (including phenoxy) is 1. The Kier molecular flexibility index (Phi) is 5.87. The van der Waals surface area contributed by atoms with E-state index < -0.39 is 0 Å². The fourth-order valence-electron chi connectivity index (χ4n) is 1.90. The van der Waals surface area contributed by atoms with Crippen molar-refractivity contribution in [1.29, 1.82) is 0 Å². The van der Waals surface area contributed by atoms with Crippen LogP contribution in [0.4, 0.5) is 0 Å². The molecule has 0 aromatic heterocycles. The minimum Gasteiger partial charge on any atom is -0.489 e. The fraction of sp³-hybridized carbons (Fsp3) is 0.250. The predicted molar refractivity (Wildman–Crippen MR) is 79.8 cm³/mol. The lowest BCUT2D eigenvalue weighted by Gasteiger charge is -2.09. The van der Waals surface area contributed by atoms with Gasteiger partial charge in [0, 0.05) is 16.1 Å². The second kappa shape index (κ2) is 7.90. The van der Waals surface area contributed by atoms with Crippen molar-refractivity contribution in [3.8, 4) is 5.75 Å². The predicted octanol–water partition coefficient (Wildman–Crippen LogP) is 1.97. The molecule has 106 valence electrons. The van der Waals surface area contributed by atoms with Crippen LogP contribution < -0.4 is 10.1 Å². The molecule has 0 aliphatic heterocycles. The van der Waals surface area contributed by atoms with Gasteiger partial charge in [-0.3, -0.25) is 0 Å². The molecule has 0 aliphatic carbocycles. The summed E-state index contributed by atoms with van der Waals surface area (Å²) >= 11 is 6.10. The Bertz CT molecular complexity index is 546. The third kappa shape index (κ3) is 4.53.